The Balaban J connectivity index is 1.04. The van der Waals surface area contributed by atoms with E-state index in [1.165, 1.54) is 6.04 Å². The van der Waals surface area contributed by atoms with Gasteiger partial charge in [0.15, 0.2) is 0 Å². The number of aromatic nitrogens is 5. The van der Waals surface area contributed by atoms with E-state index in [0.29, 0.717) is 17.4 Å². The number of hydrogen-bond acceptors (Lipinski definition) is 6. The van der Waals surface area contributed by atoms with Crippen molar-refractivity contribution in [2.75, 3.05) is 33.3 Å². The molecule has 6 rings (SSSR count). The summed E-state index contributed by atoms with van der Waals surface area (Å²) < 4.78 is 8.86. The maximum atomic E-state index is 13.1. The zero-order valence-corrected chi connectivity index (χ0v) is 22.8. The van der Waals surface area contributed by atoms with Gasteiger partial charge in [-0.2, -0.15) is 5.10 Å². The third-order valence-corrected chi connectivity index (χ3v) is 8.20. The molecule has 1 aromatic carbocycles. The zero-order chi connectivity index (χ0) is 24.8. The number of piperidine rings is 1. The van der Waals surface area contributed by atoms with Crippen LogP contribution < -0.4 is 4.74 Å². The van der Waals surface area contributed by atoms with E-state index in [2.05, 4.69) is 56.8 Å². The fourth-order valence-corrected chi connectivity index (χ4v) is 6.55. The number of nitrogens with zero attached hydrogens (tertiary/aromatic N) is 6. The summed E-state index contributed by atoms with van der Waals surface area (Å²) in [5, 5.41) is 5.59. The van der Waals surface area contributed by atoms with Gasteiger partial charge in [0.2, 0.25) is 0 Å². The first-order valence-electron chi connectivity index (χ1n) is 11.8. The van der Waals surface area contributed by atoms with Crippen LogP contribution in [0.3, 0.4) is 0 Å². The molecule has 0 unspecified atom stereocenters. The molecule has 11 heteroatoms. The number of halogens is 2. The molecule has 2 aliphatic heterocycles. The maximum Gasteiger partial charge on any atom is 0.253 e. The Morgan fingerprint density at radius 3 is 2.61 bits per heavy atom. The third-order valence-electron chi connectivity index (χ3n) is 7.02. The van der Waals surface area contributed by atoms with E-state index >= 15 is 0 Å². The SMILES string of the molecule is COc1c(Br)cc(C(=O)N2CCC(N3C[C](n4cc(-c5ncnc6[nH]ccc56)cn4)C3)CC2)cc1Br. The summed E-state index contributed by atoms with van der Waals surface area (Å²) in [5.74, 6) is 0.743. The Hall–Kier alpha value is -2.76. The van der Waals surface area contributed by atoms with Crippen molar-refractivity contribution in [1.29, 1.82) is 0 Å². The van der Waals surface area contributed by atoms with Crippen molar-refractivity contribution >= 4 is 48.8 Å². The van der Waals surface area contributed by atoms with Gasteiger partial charge in [0.05, 0.1) is 27.9 Å². The second-order valence-corrected chi connectivity index (χ2v) is 10.8. The molecular weight excluding hydrogens is 590 g/mol. The number of H-pyrrole nitrogens is 1. The molecular formula is C25H24Br2N7O2. The molecule has 5 heterocycles. The van der Waals surface area contributed by atoms with Crippen molar-refractivity contribution in [3.63, 3.8) is 0 Å². The lowest BCUT2D eigenvalue weighted by Gasteiger charge is -2.46. The van der Waals surface area contributed by atoms with Crippen molar-refractivity contribution in [2.24, 2.45) is 0 Å². The average molecular weight is 614 g/mol. The van der Waals surface area contributed by atoms with Gasteiger partial charge in [-0.05, 0) is 62.9 Å². The van der Waals surface area contributed by atoms with Gasteiger partial charge < -0.3 is 14.6 Å². The highest BCUT2D eigenvalue weighted by atomic mass is 79.9. The maximum absolute atomic E-state index is 13.1. The first-order valence-corrected chi connectivity index (χ1v) is 13.3. The summed E-state index contributed by atoms with van der Waals surface area (Å²) in [7, 11) is 1.61. The summed E-state index contributed by atoms with van der Waals surface area (Å²) in [5.41, 5.74) is 3.35. The molecule has 9 nitrogen and oxygen atoms in total. The van der Waals surface area contributed by atoms with Crippen molar-refractivity contribution in [3.05, 3.63) is 63.7 Å². The van der Waals surface area contributed by atoms with Crippen molar-refractivity contribution in [3.8, 4) is 17.0 Å². The molecule has 2 aliphatic rings. The van der Waals surface area contributed by atoms with Crippen LogP contribution in [0.5, 0.6) is 5.75 Å². The fraction of sp³-hybridized carbons (Fsp3) is 0.320. The smallest absolute Gasteiger partial charge is 0.253 e. The molecule has 1 amide bonds. The Bertz CT molecular complexity index is 1400. The van der Waals surface area contributed by atoms with Crippen LogP contribution in [-0.2, 0) is 0 Å². The molecule has 1 N–H and O–H groups in total. The topological polar surface area (TPSA) is 92.2 Å². The number of aromatic amines is 1. The molecule has 0 saturated carbocycles. The number of fused-ring (bicyclic) bond motifs is 1. The Labute approximate surface area is 225 Å². The van der Waals surface area contributed by atoms with Gasteiger partial charge >= 0.3 is 0 Å². The van der Waals surface area contributed by atoms with Gasteiger partial charge in [-0.15, -0.1) is 0 Å². The van der Waals surface area contributed by atoms with Crippen LogP contribution in [0.15, 0.2) is 52.1 Å². The number of likely N-dealkylation sites (tertiary alicyclic amines) is 2. The molecule has 2 fully saturated rings. The van der Waals surface area contributed by atoms with Crippen LogP contribution in [0.25, 0.3) is 22.3 Å². The highest BCUT2D eigenvalue weighted by Crippen LogP contribution is 2.35. The predicted octanol–water partition coefficient (Wildman–Crippen LogP) is 4.36. The lowest BCUT2D eigenvalue weighted by Crippen LogP contribution is -2.56. The van der Waals surface area contributed by atoms with Crippen LogP contribution in [0.1, 0.15) is 23.2 Å². The van der Waals surface area contributed by atoms with E-state index in [1.54, 1.807) is 13.4 Å². The number of amides is 1. The van der Waals surface area contributed by atoms with Crippen molar-refractivity contribution in [2.45, 2.75) is 18.9 Å². The third kappa shape index (κ3) is 4.22. The summed E-state index contributed by atoms with van der Waals surface area (Å²) in [4.78, 5) is 29.4. The number of nitrogens with one attached hydrogen (secondary N) is 1. The first-order chi connectivity index (χ1) is 17.5. The van der Waals surface area contributed by atoms with E-state index in [-0.39, 0.29) is 5.91 Å². The summed E-state index contributed by atoms with van der Waals surface area (Å²) in [6.07, 6.45) is 9.30. The molecule has 0 bridgehead atoms. The monoisotopic (exact) mass is 612 g/mol. The fourth-order valence-electron chi connectivity index (χ4n) is 5.04. The van der Waals surface area contributed by atoms with E-state index < -0.39 is 0 Å². The van der Waals surface area contributed by atoms with Crippen LogP contribution >= 0.6 is 31.9 Å². The minimum absolute atomic E-state index is 0.0543. The lowest BCUT2D eigenvalue weighted by atomic mass is 9.97. The highest BCUT2D eigenvalue weighted by Gasteiger charge is 2.37. The first kappa shape index (κ1) is 23.6. The van der Waals surface area contributed by atoms with Gasteiger partial charge in [-0.25, -0.2) is 9.97 Å². The van der Waals surface area contributed by atoms with Gasteiger partial charge in [0.1, 0.15) is 23.8 Å². The number of carbonyl (C=O) groups is 1. The Kier molecular flexibility index (Phi) is 6.30. The zero-order valence-electron chi connectivity index (χ0n) is 19.6. The van der Waals surface area contributed by atoms with Gasteiger partial charge in [0.25, 0.3) is 5.91 Å². The summed E-state index contributed by atoms with van der Waals surface area (Å²) in [6, 6.07) is 7.39. The number of rotatable bonds is 5. The number of methoxy groups -OCH3 is 1. The molecule has 0 aliphatic carbocycles. The van der Waals surface area contributed by atoms with Crippen LogP contribution in [0.2, 0.25) is 0 Å². The van der Waals surface area contributed by atoms with Crippen LogP contribution in [-0.4, -0.2) is 79.8 Å². The predicted molar refractivity (Wildman–Crippen MR) is 143 cm³/mol. The highest BCUT2D eigenvalue weighted by molar-refractivity contribution is 9.11. The number of benzene rings is 1. The van der Waals surface area contributed by atoms with E-state index in [0.717, 1.165) is 70.3 Å². The summed E-state index contributed by atoms with van der Waals surface area (Å²) >= 11 is 6.99. The molecule has 3 aromatic heterocycles. The van der Waals surface area contributed by atoms with E-state index in [1.807, 2.05) is 46.4 Å². The quantitative estimate of drug-likeness (QED) is 0.360. The molecule has 2 saturated heterocycles. The lowest BCUT2D eigenvalue weighted by molar-refractivity contribution is 0.0515. The van der Waals surface area contributed by atoms with Gasteiger partial charge in [-0.3, -0.25) is 14.4 Å². The normalized spacial score (nSPS) is 17.5. The largest absolute Gasteiger partial charge is 0.494 e. The minimum atomic E-state index is 0.0543. The van der Waals surface area contributed by atoms with E-state index in [4.69, 9.17) is 4.74 Å². The minimum Gasteiger partial charge on any atom is -0.494 e. The van der Waals surface area contributed by atoms with Crippen molar-refractivity contribution < 1.29 is 9.53 Å². The van der Waals surface area contributed by atoms with Crippen LogP contribution in [0.4, 0.5) is 0 Å². The number of ether oxygens (including phenoxy) is 1. The van der Waals surface area contributed by atoms with Crippen LogP contribution in [0, 0.1) is 6.04 Å². The van der Waals surface area contributed by atoms with Crippen molar-refractivity contribution in [1.82, 2.24) is 34.5 Å². The second kappa shape index (κ2) is 9.60. The molecule has 185 valence electrons. The van der Waals surface area contributed by atoms with E-state index in [9.17, 15) is 4.79 Å². The molecule has 0 atom stereocenters. The molecule has 36 heavy (non-hydrogen) atoms. The van der Waals surface area contributed by atoms with Gasteiger partial charge in [-0.1, -0.05) is 0 Å². The molecule has 0 spiro atoms. The Morgan fingerprint density at radius 2 is 1.89 bits per heavy atom. The summed E-state index contributed by atoms with van der Waals surface area (Å²) in [6.45, 7) is 3.29. The number of hydrogen-bond donors (Lipinski definition) is 1. The molecule has 4 aromatic rings. The average Bonchev–Trinajstić information content (AvgIpc) is 3.53. The Morgan fingerprint density at radius 1 is 1.14 bits per heavy atom. The second-order valence-electron chi connectivity index (χ2n) is 9.10. The number of carbonyl (C=O) groups excluding carboxylic acids is 1. The molecule has 1 radical (unpaired) electrons. The van der Waals surface area contributed by atoms with Gasteiger partial charge in [0, 0.05) is 61.1 Å². The standard InChI is InChI=1S/C25H24Br2N7O2/c1-36-23-20(26)8-15(9-21(23)27)25(35)32-6-3-17(4-7-32)33-12-18(13-33)34-11-16(10-31-34)22-19-2-5-28-24(19)30-14-29-22/h2,5,8-11,14,17H,3-4,6-7,12-13H2,1H3,(H,28,29,30).